The van der Waals surface area contributed by atoms with E-state index < -0.39 is 46.5 Å². The molecular formula is C17H14F2N2O5. The number of nitrogens with zero attached hydrogens (tertiary/aromatic N) is 1. The molecule has 2 aromatic carbocycles. The second kappa shape index (κ2) is 8.15. The van der Waals surface area contributed by atoms with Gasteiger partial charge in [-0.1, -0.05) is 24.3 Å². The Morgan fingerprint density at radius 3 is 2.31 bits per heavy atom. The van der Waals surface area contributed by atoms with Crippen LogP contribution >= 0.6 is 0 Å². The number of hydrogen-bond acceptors (Lipinski definition) is 4. The van der Waals surface area contributed by atoms with Crippen molar-refractivity contribution < 1.29 is 28.4 Å². The molecule has 0 saturated heterocycles. The Bertz CT molecular complexity index is 837. The molecular weight excluding hydrogens is 350 g/mol. The highest BCUT2D eigenvalue weighted by molar-refractivity contribution is 5.85. The number of carboxylic acid groups (broad SMARTS) is 1. The summed E-state index contributed by atoms with van der Waals surface area (Å²) in [6, 6.07) is 7.12. The summed E-state index contributed by atoms with van der Waals surface area (Å²) in [5.74, 6) is -4.19. The molecule has 2 aromatic rings. The first kappa shape index (κ1) is 19.0. The Kier molecular flexibility index (Phi) is 5.94. The van der Waals surface area contributed by atoms with Crippen molar-refractivity contribution in [3.63, 3.8) is 0 Å². The van der Waals surface area contributed by atoms with E-state index in [1.807, 2.05) is 0 Å². The summed E-state index contributed by atoms with van der Waals surface area (Å²) < 4.78 is 27.2. The second-order valence-corrected chi connectivity index (χ2v) is 5.43. The van der Waals surface area contributed by atoms with Crippen LogP contribution < -0.4 is 5.32 Å². The van der Waals surface area contributed by atoms with Gasteiger partial charge in [0.05, 0.1) is 11.3 Å². The summed E-state index contributed by atoms with van der Waals surface area (Å²) in [5.41, 5.74) is -0.657. The zero-order valence-electron chi connectivity index (χ0n) is 13.3. The van der Waals surface area contributed by atoms with Gasteiger partial charge < -0.3 is 10.4 Å². The molecule has 2 N–H and O–H groups in total. The van der Waals surface area contributed by atoms with Crippen LogP contribution in [0, 0.1) is 21.7 Å². The highest BCUT2D eigenvalue weighted by Crippen LogP contribution is 2.19. The molecule has 1 atom stereocenters. The van der Waals surface area contributed by atoms with Crippen LogP contribution in [0.2, 0.25) is 0 Å². The first-order valence-corrected chi connectivity index (χ1v) is 7.47. The van der Waals surface area contributed by atoms with Crippen molar-refractivity contribution in [3.05, 3.63) is 75.3 Å². The first-order chi connectivity index (χ1) is 12.3. The quantitative estimate of drug-likeness (QED) is 0.578. The summed E-state index contributed by atoms with van der Waals surface area (Å²) in [4.78, 5) is 33.7. The van der Waals surface area contributed by atoms with Gasteiger partial charge in [0, 0.05) is 23.6 Å². The van der Waals surface area contributed by atoms with Gasteiger partial charge in [0.15, 0.2) is 0 Å². The number of halogens is 2. The molecule has 0 aromatic heterocycles. The fourth-order valence-corrected chi connectivity index (χ4v) is 2.39. The van der Waals surface area contributed by atoms with Gasteiger partial charge in [-0.3, -0.25) is 14.9 Å². The number of carbonyl (C=O) groups is 2. The number of amides is 1. The van der Waals surface area contributed by atoms with Gasteiger partial charge in [0.1, 0.15) is 17.7 Å². The fourth-order valence-electron chi connectivity index (χ4n) is 2.39. The normalized spacial score (nSPS) is 11.6. The Morgan fingerprint density at radius 1 is 1.12 bits per heavy atom. The number of aliphatic carboxylic acids is 1. The van der Waals surface area contributed by atoms with E-state index in [4.69, 9.17) is 0 Å². The Hall–Kier alpha value is -3.36. The van der Waals surface area contributed by atoms with E-state index in [0.717, 1.165) is 18.2 Å². The van der Waals surface area contributed by atoms with Gasteiger partial charge in [-0.05, 0) is 12.1 Å². The van der Waals surface area contributed by atoms with Crippen LogP contribution in [0.4, 0.5) is 14.5 Å². The minimum Gasteiger partial charge on any atom is -0.480 e. The number of nitro groups is 1. The van der Waals surface area contributed by atoms with Crippen molar-refractivity contribution in [1.29, 1.82) is 0 Å². The van der Waals surface area contributed by atoms with Crippen LogP contribution in [0.1, 0.15) is 11.1 Å². The van der Waals surface area contributed by atoms with Gasteiger partial charge in [0.2, 0.25) is 5.91 Å². The van der Waals surface area contributed by atoms with E-state index in [1.54, 1.807) is 0 Å². The van der Waals surface area contributed by atoms with Gasteiger partial charge in [-0.2, -0.15) is 0 Å². The van der Waals surface area contributed by atoms with Crippen molar-refractivity contribution in [2.24, 2.45) is 0 Å². The Morgan fingerprint density at radius 2 is 1.73 bits per heavy atom. The number of carbonyl (C=O) groups excluding carboxylic acids is 1. The van der Waals surface area contributed by atoms with Crippen molar-refractivity contribution >= 4 is 17.6 Å². The number of nitro benzene ring substituents is 1. The minimum absolute atomic E-state index is 0.113. The predicted octanol–water partition coefficient (Wildman–Crippen LogP) is 2.23. The predicted molar refractivity (Wildman–Crippen MR) is 86.4 cm³/mol. The standard InChI is InChI=1S/C17H14F2N2O5/c18-12-5-3-6-13(19)11(12)9-16(22)20-14(17(23)24)8-10-4-1-2-7-15(10)21(25)26/h1-7,14H,8-9H2,(H,20,22)(H,23,24)/t14-/m0/s1. The van der Waals surface area contributed by atoms with Gasteiger partial charge >= 0.3 is 5.97 Å². The van der Waals surface area contributed by atoms with E-state index >= 15 is 0 Å². The number of para-hydroxylation sites is 1. The summed E-state index contributed by atoms with van der Waals surface area (Å²) in [6.07, 6.45) is -1.04. The van der Waals surface area contributed by atoms with Gasteiger partial charge in [-0.25, -0.2) is 13.6 Å². The summed E-state index contributed by atoms with van der Waals surface area (Å²) >= 11 is 0. The molecule has 0 aliphatic heterocycles. The number of carboxylic acids is 1. The number of rotatable bonds is 7. The highest BCUT2D eigenvalue weighted by Gasteiger charge is 2.25. The van der Waals surface area contributed by atoms with Gasteiger partial charge in [0.25, 0.3) is 5.69 Å². The van der Waals surface area contributed by atoms with Crippen LogP contribution in [0.25, 0.3) is 0 Å². The average molecular weight is 364 g/mol. The van der Waals surface area contributed by atoms with Crippen LogP contribution in [-0.2, 0) is 22.4 Å². The van der Waals surface area contributed by atoms with Crippen LogP contribution in [0.15, 0.2) is 42.5 Å². The number of hydrogen-bond donors (Lipinski definition) is 2. The third kappa shape index (κ3) is 4.59. The van der Waals surface area contributed by atoms with Crippen molar-refractivity contribution in [3.8, 4) is 0 Å². The summed E-state index contributed by atoms with van der Waals surface area (Å²) in [7, 11) is 0. The zero-order valence-corrected chi connectivity index (χ0v) is 13.3. The van der Waals surface area contributed by atoms with E-state index in [0.29, 0.717) is 0 Å². The molecule has 0 radical (unpaired) electrons. The van der Waals surface area contributed by atoms with Gasteiger partial charge in [-0.15, -0.1) is 0 Å². The molecule has 0 unspecified atom stereocenters. The van der Waals surface area contributed by atoms with Crippen molar-refractivity contribution in [2.75, 3.05) is 0 Å². The van der Waals surface area contributed by atoms with Crippen LogP contribution in [0.3, 0.4) is 0 Å². The van der Waals surface area contributed by atoms with Crippen LogP contribution in [0.5, 0.6) is 0 Å². The fraction of sp³-hybridized carbons (Fsp3) is 0.176. The molecule has 0 bridgehead atoms. The molecule has 0 spiro atoms. The lowest BCUT2D eigenvalue weighted by Gasteiger charge is -2.15. The van der Waals surface area contributed by atoms with E-state index in [2.05, 4.69) is 5.32 Å². The summed E-state index contributed by atoms with van der Waals surface area (Å²) in [5, 5.41) is 22.4. The van der Waals surface area contributed by atoms with E-state index in [1.165, 1.54) is 24.3 Å². The molecule has 1 amide bonds. The lowest BCUT2D eigenvalue weighted by Crippen LogP contribution is -2.43. The lowest BCUT2D eigenvalue weighted by molar-refractivity contribution is -0.385. The van der Waals surface area contributed by atoms with E-state index in [9.17, 15) is 33.6 Å². The van der Waals surface area contributed by atoms with E-state index in [-0.39, 0.29) is 17.7 Å². The zero-order chi connectivity index (χ0) is 19.3. The molecule has 9 heteroatoms. The highest BCUT2D eigenvalue weighted by atomic mass is 19.1. The third-order valence-electron chi connectivity index (χ3n) is 3.64. The molecule has 0 aliphatic carbocycles. The molecule has 0 aliphatic rings. The lowest BCUT2D eigenvalue weighted by atomic mass is 10.0. The number of nitrogens with one attached hydrogen (secondary N) is 1. The topological polar surface area (TPSA) is 110 Å². The Labute approximate surface area is 146 Å². The second-order valence-electron chi connectivity index (χ2n) is 5.43. The summed E-state index contributed by atoms with van der Waals surface area (Å²) in [6.45, 7) is 0. The van der Waals surface area contributed by atoms with Crippen molar-refractivity contribution in [1.82, 2.24) is 5.32 Å². The molecule has 136 valence electrons. The smallest absolute Gasteiger partial charge is 0.326 e. The Balaban J connectivity index is 2.15. The number of benzene rings is 2. The first-order valence-electron chi connectivity index (χ1n) is 7.47. The molecule has 0 fully saturated rings. The molecule has 7 nitrogen and oxygen atoms in total. The third-order valence-corrected chi connectivity index (χ3v) is 3.64. The molecule has 26 heavy (non-hydrogen) atoms. The SMILES string of the molecule is O=C(Cc1c(F)cccc1F)N[C@@H](Cc1ccccc1[N+](=O)[O-])C(=O)O. The van der Waals surface area contributed by atoms with Crippen molar-refractivity contribution in [2.45, 2.75) is 18.9 Å². The van der Waals surface area contributed by atoms with Crippen LogP contribution in [-0.4, -0.2) is 27.9 Å². The minimum atomic E-state index is -1.49. The maximum atomic E-state index is 13.6. The maximum Gasteiger partial charge on any atom is 0.326 e. The molecule has 2 rings (SSSR count). The largest absolute Gasteiger partial charge is 0.480 e. The maximum absolute atomic E-state index is 13.6. The monoisotopic (exact) mass is 364 g/mol. The molecule has 0 heterocycles. The average Bonchev–Trinajstić information content (AvgIpc) is 2.58. The molecule has 0 saturated carbocycles.